The van der Waals surface area contributed by atoms with Crippen molar-refractivity contribution in [3.8, 4) is 0 Å². The molecule has 118 valence electrons. The van der Waals surface area contributed by atoms with E-state index >= 15 is 0 Å². The van der Waals surface area contributed by atoms with Crippen molar-refractivity contribution in [2.45, 2.75) is 73.1 Å². The van der Waals surface area contributed by atoms with Crippen LogP contribution in [0.5, 0.6) is 0 Å². The zero-order valence-corrected chi connectivity index (χ0v) is 14.8. The Hall–Kier alpha value is -1.30. The molecule has 0 aromatic heterocycles. The molecule has 0 saturated carbocycles. The molecule has 0 heterocycles. The third-order valence-corrected chi connectivity index (χ3v) is 3.56. The second kappa shape index (κ2) is 12.4. The highest BCUT2D eigenvalue weighted by Gasteiger charge is 1.93. The summed E-state index contributed by atoms with van der Waals surface area (Å²) in [6.45, 7) is 14.7. The molecule has 0 amide bonds. The first kappa shape index (κ1) is 19.7. The number of hydrogen-bond donors (Lipinski definition) is 0. The van der Waals surface area contributed by atoms with Crippen molar-refractivity contribution in [1.29, 1.82) is 0 Å². The number of allylic oxidation sites excluding steroid dienone is 9. The van der Waals surface area contributed by atoms with Crippen LogP contribution in [-0.2, 0) is 0 Å². The van der Waals surface area contributed by atoms with Crippen molar-refractivity contribution in [2.75, 3.05) is 0 Å². The first-order valence-electron chi connectivity index (χ1n) is 8.18. The molecular weight excluding hydrogens is 252 g/mol. The van der Waals surface area contributed by atoms with E-state index in [1.54, 1.807) is 0 Å². The largest absolute Gasteiger partial charge is 0.0991 e. The summed E-state index contributed by atoms with van der Waals surface area (Å²) < 4.78 is 0. The third kappa shape index (κ3) is 13.4. The molecule has 0 rings (SSSR count). The van der Waals surface area contributed by atoms with Gasteiger partial charge in [0.05, 0.1) is 0 Å². The Morgan fingerprint density at radius 2 is 1.10 bits per heavy atom. The van der Waals surface area contributed by atoms with Crippen molar-refractivity contribution in [3.63, 3.8) is 0 Å². The van der Waals surface area contributed by atoms with E-state index < -0.39 is 0 Å². The summed E-state index contributed by atoms with van der Waals surface area (Å²) in [7, 11) is 0. The Morgan fingerprint density at radius 3 is 1.52 bits per heavy atom. The zero-order chi connectivity index (χ0) is 16.1. The van der Waals surface area contributed by atoms with Crippen LogP contribution in [0.4, 0.5) is 0 Å². The molecule has 0 bridgehead atoms. The summed E-state index contributed by atoms with van der Waals surface area (Å²) in [4.78, 5) is 0. The lowest BCUT2D eigenvalue weighted by Gasteiger charge is -2.02. The molecule has 0 fully saturated rings. The highest BCUT2D eigenvalue weighted by Crippen LogP contribution is 2.13. The van der Waals surface area contributed by atoms with Gasteiger partial charge < -0.3 is 0 Å². The fourth-order valence-corrected chi connectivity index (χ4v) is 2.17. The highest BCUT2D eigenvalue weighted by atomic mass is 14.0. The minimum Gasteiger partial charge on any atom is -0.0991 e. The van der Waals surface area contributed by atoms with Gasteiger partial charge in [-0.1, -0.05) is 59.3 Å². The quantitative estimate of drug-likeness (QED) is 0.291. The van der Waals surface area contributed by atoms with Gasteiger partial charge in [0.2, 0.25) is 0 Å². The van der Waals surface area contributed by atoms with Crippen LogP contribution < -0.4 is 0 Å². The average molecular weight is 287 g/mol. The molecule has 0 aromatic carbocycles. The molecule has 0 heteroatoms. The minimum atomic E-state index is 1.14. The van der Waals surface area contributed by atoms with Crippen molar-refractivity contribution < 1.29 is 0 Å². The first-order valence-corrected chi connectivity index (χ1v) is 8.18. The molecule has 0 aliphatic rings. The summed E-state index contributed by atoms with van der Waals surface area (Å²) in [5, 5.41) is 0. The predicted molar refractivity (Wildman–Crippen MR) is 98.6 cm³/mol. The van der Waals surface area contributed by atoms with Gasteiger partial charge in [-0.05, 0) is 73.1 Å². The fraction of sp³-hybridized carbons (Fsp3) is 0.524. The van der Waals surface area contributed by atoms with E-state index in [2.05, 4.69) is 65.5 Å². The Kier molecular flexibility index (Phi) is 11.7. The van der Waals surface area contributed by atoms with Crippen molar-refractivity contribution in [1.82, 2.24) is 0 Å². The summed E-state index contributed by atoms with van der Waals surface area (Å²) >= 11 is 0. The lowest BCUT2D eigenvalue weighted by molar-refractivity contribution is 0.900. The molecule has 0 saturated heterocycles. The van der Waals surface area contributed by atoms with E-state index in [1.165, 1.54) is 48.0 Å². The van der Waals surface area contributed by atoms with E-state index in [9.17, 15) is 0 Å². The summed E-state index contributed by atoms with van der Waals surface area (Å²) in [5.41, 5.74) is 5.85. The normalized spacial score (nSPS) is 13.3. The van der Waals surface area contributed by atoms with Crippen LogP contribution in [0.1, 0.15) is 73.1 Å². The molecule has 0 nitrogen and oxygen atoms in total. The molecule has 0 aliphatic carbocycles. The Balaban J connectivity index is 3.96. The molecule has 0 aliphatic heterocycles. The van der Waals surface area contributed by atoms with Crippen molar-refractivity contribution >= 4 is 0 Å². The van der Waals surface area contributed by atoms with E-state index in [-0.39, 0.29) is 0 Å². The van der Waals surface area contributed by atoms with Gasteiger partial charge in [0, 0.05) is 0 Å². The van der Waals surface area contributed by atoms with Gasteiger partial charge in [0.25, 0.3) is 0 Å². The monoisotopic (exact) mass is 286 g/mol. The van der Waals surface area contributed by atoms with Crippen LogP contribution in [0, 0.1) is 0 Å². The highest BCUT2D eigenvalue weighted by molar-refractivity contribution is 5.10. The van der Waals surface area contributed by atoms with Crippen molar-refractivity contribution in [3.05, 3.63) is 59.3 Å². The maximum atomic E-state index is 3.73. The van der Waals surface area contributed by atoms with Gasteiger partial charge in [0.1, 0.15) is 0 Å². The van der Waals surface area contributed by atoms with Gasteiger partial charge >= 0.3 is 0 Å². The molecule has 0 unspecified atom stereocenters. The lowest BCUT2D eigenvalue weighted by atomic mass is 10.0. The molecule has 0 aromatic rings. The predicted octanol–water partition coefficient (Wildman–Crippen LogP) is 7.32. The van der Waals surface area contributed by atoms with Crippen LogP contribution in [0.2, 0.25) is 0 Å². The Labute approximate surface area is 133 Å². The van der Waals surface area contributed by atoms with Crippen LogP contribution in [0.3, 0.4) is 0 Å². The maximum absolute atomic E-state index is 3.73. The van der Waals surface area contributed by atoms with Crippen LogP contribution in [0.15, 0.2) is 59.3 Å². The third-order valence-electron chi connectivity index (χ3n) is 3.56. The van der Waals surface area contributed by atoms with Gasteiger partial charge in [-0.2, -0.15) is 0 Å². The van der Waals surface area contributed by atoms with Crippen LogP contribution in [0.25, 0.3) is 0 Å². The zero-order valence-electron chi connectivity index (χ0n) is 14.8. The Bertz CT molecular complexity index is 409. The maximum Gasteiger partial charge on any atom is -0.0285 e. The summed E-state index contributed by atoms with van der Waals surface area (Å²) in [6, 6.07) is 0. The minimum absolute atomic E-state index is 1.14. The second-order valence-corrected chi connectivity index (χ2v) is 6.25. The molecule has 21 heavy (non-hydrogen) atoms. The SMILES string of the molecule is C=C/C=C(\C)CC/C=C(\C)CC/C=C(\C)CCC=C(C)C. The summed E-state index contributed by atoms with van der Waals surface area (Å²) in [5.74, 6) is 0. The van der Waals surface area contributed by atoms with Gasteiger partial charge in [-0.3, -0.25) is 0 Å². The van der Waals surface area contributed by atoms with Crippen LogP contribution >= 0.6 is 0 Å². The topological polar surface area (TPSA) is 0 Å². The smallest absolute Gasteiger partial charge is 0.0285 e. The average Bonchev–Trinajstić information content (AvgIpc) is 2.38. The van der Waals surface area contributed by atoms with E-state index in [0.29, 0.717) is 0 Å². The number of rotatable bonds is 10. The molecular formula is C21H34. The lowest BCUT2D eigenvalue weighted by Crippen LogP contribution is -1.82. The standard InChI is InChI=1S/C21H34/c1-7-11-19(4)14-9-15-21(6)17-10-16-20(5)13-8-12-18(2)3/h7,11-12,15-16H,1,8-10,13-14,17H2,2-6H3/b19-11+,20-16+,21-15+. The molecule has 0 radical (unpaired) electrons. The molecule has 0 spiro atoms. The first-order chi connectivity index (χ1) is 9.95. The molecule has 0 N–H and O–H groups in total. The van der Waals surface area contributed by atoms with Gasteiger partial charge in [0.15, 0.2) is 0 Å². The van der Waals surface area contributed by atoms with Gasteiger partial charge in [-0.25, -0.2) is 0 Å². The Morgan fingerprint density at radius 1 is 0.667 bits per heavy atom. The van der Waals surface area contributed by atoms with Crippen LogP contribution in [-0.4, -0.2) is 0 Å². The molecule has 0 atom stereocenters. The summed E-state index contributed by atoms with van der Waals surface area (Å²) in [6.07, 6.45) is 18.1. The van der Waals surface area contributed by atoms with E-state index in [0.717, 1.165) is 12.8 Å². The second-order valence-electron chi connectivity index (χ2n) is 6.25. The van der Waals surface area contributed by atoms with Crippen molar-refractivity contribution in [2.24, 2.45) is 0 Å². The van der Waals surface area contributed by atoms with E-state index in [4.69, 9.17) is 0 Å². The van der Waals surface area contributed by atoms with E-state index in [1.807, 2.05) is 6.08 Å². The fourth-order valence-electron chi connectivity index (χ4n) is 2.17. The van der Waals surface area contributed by atoms with Gasteiger partial charge in [-0.15, -0.1) is 0 Å². The number of hydrogen-bond acceptors (Lipinski definition) is 0.